The van der Waals surface area contributed by atoms with Crippen molar-refractivity contribution in [2.75, 3.05) is 32.8 Å². The summed E-state index contributed by atoms with van der Waals surface area (Å²) in [6.45, 7) is 8.77. The molecule has 5 rings (SSSR count). The summed E-state index contributed by atoms with van der Waals surface area (Å²) in [5.41, 5.74) is 9.28. The summed E-state index contributed by atoms with van der Waals surface area (Å²) in [6, 6.07) is 6.93. The molecule has 4 N–H and O–H groups in total. The highest BCUT2D eigenvalue weighted by Crippen LogP contribution is 2.46. The van der Waals surface area contributed by atoms with E-state index in [0.29, 0.717) is 36.0 Å². The van der Waals surface area contributed by atoms with Crippen LogP contribution in [0.5, 0.6) is 0 Å². The minimum Gasteiger partial charge on any atom is -0.396 e. The maximum Gasteiger partial charge on any atom is 0.258 e. The maximum absolute atomic E-state index is 15.1. The second kappa shape index (κ2) is 11.2. The molecule has 3 aromatic rings. The Balaban J connectivity index is 1.69. The zero-order valence-corrected chi connectivity index (χ0v) is 23.0. The van der Waals surface area contributed by atoms with Gasteiger partial charge in [-0.05, 0) is 97.1 Å². The van der Waals surface area contributed by atoms with Crippen molar-refractivity contribution in [2.45, 2.75) is 59.0 Å². The minimum absolute atomic E-state index is 0.0742. The van der Waals surface area contributed by atoms with Crippen LogP contribution >= 0.6 is 0 Å². The minimum atomic E-state index is -0.643. The second-order valence-corrected chi connectivity index (χ2v) is 11.4. The lowest BCUT2D eigenvalue weighted by molar-refractivity contribution is 0.0999. The van der Waals surface area contributed by atoms with Crippen LogP contribution in [-0.4, -0.2) is 53.3 Å². The lowest BCUT2D eigenvalue weighted by atomic mass is 9.87. The molecule has 208 valence electrons. The molecule has 39 heavy (non-hydrogen) atoms. The van der Waals surface area contributed by atoms with Crippen LogP contribution in [0.3, 0.4) is 0 Å². The van der Waals surface area contributed by atoms with Crippen molar-refractivity contribution in [1.29, 1.82) is 0 Å². The number of pyridine rings is 1. The molecule has 2 fully saturated rings. The van der Waals surface area contributed by atoms with Gasteiger partial charge in [0.05, 0.1) is 6.61 Å². The van der Waals surface area contributed by atoms with Gasteiger partial charge in [-0.2, -0.15) is 0 Å². The van der Waals surface area contributed by atoms with Gasteiger partial charge in [0.2, 0.25) is 5.91 Å². The van der Waals surface area contributed by atoms with Crippen molar-refractivity contribution in [1.82, 2.24) is 14.8 Å². The van der Waals surface area contributed by atoms with Crippen LogP contribution in [0.25, 0.3) is 21.9 Å². The average molecular weight is 535 g/mol. The Labute approximate surface area is 228 Å². The SMILES string of the molecule is CCCc1c(C(N)=O)cc(F)c(C)c1-c1ccc2c(=O)n(CC3(CO)CC3)cc(CN3CCCNCC3)c2c1. The van der Waals surface area contributed by atoms with Gasteiger partial charge in [0.1, 0.15) is 5.82 Å². The number of aliphatic hydroxyl groups excluding tert-OH is 1. The summed E-state index contributed by atoms with van der Waals surface area (Å²) >= 11 is 0. The number of carbonyl (C=O) groups excluding carboxylic acids is 1. The lowest BCUT2D eigenvalue weighted by Crippen LogP contribution is -2.30. The van der Waals surface area contributed by atoms with Gasteiger partial charge >= 0.3 is 0 Å². The summed E-state index contributed by atoms with van der Waals surface area (Å²) in [6.07, 6.45) is 6.21. The highest BCUT2D eigenvalue weighted by atomic mass is 19.1. The van der Waals surface area contributed by atoms with Gasteiger partial charge in [0.25, 0.3) is 5.56 Å². The molecular weight excluding hydrogens is 495 g/mol. The second-order valence-electron chi connectivity index (χ2n) is 11.4. The number of rotatable bonds is 9. The maximum atomic E-state index is 15.1. The molecule has 1 saturated carbocycles. The van der Waals surface area contributed by atoms with E-state index in [1.807, 2.05) is 31.3 Å². The molecule has 1 aliphatic heterocycles. The van der Waals surface area contributed by atoms with Gasteiger partial charge < -0.3 is 20.7 Å². The van der Waals surface area contributed by atoms with E-state index in [2.05, 4.69) is 10.2 Å². The van der Waals surface area contributed by atoms with Gasteiger partial charge in [0.15, 0.2) is 0 Å². The standard InChI is InChI=1S/C31H39FN4O3/c1-3-5-23-26(29(33)38)15-27(32)20(2)28(23)21-6-7-24-25(14-21)22(16-35-12-4-10-34-11-13-35)17-36(30(24)39)18-31(19-37)8-9-31/h6-7,14-15,17,34,37H,3-5,8-13,16,18-19H2,1-2H3,(H2,33,38). The van der Waals surface area contributed by atoms with Gasteiger partial charge in [-0.3, -0.25) is 14.5 Å². The molecule has 0 unspecified atom stereocenters. The van der Waals surface area contributed by atoms with Crippen molar-refractivity contribution >= 4 is 16.7 Å². The third-order valence-corrected chi connectivity index (χ3v) is 8.48. The van der Waals surface area contributed by atoms with E-state index in [4.69, 9.17) is 5.73 Å². The van der Waals surface area contributed by atoms with E-state index in [1.165, 1.54) is 6.07 Å². The molecule has 2 aromatic carbocycles. The third-order valence-electron chi connectivity index (χ3n) is 8.48. The van der Waals surface area contributed by atoms with Crippen molar-refractivity contribution < 1.29 is 14.3 Å². The Kier molecular flexibility index (Phi) is 7.89. The quantitative estimate of drug-likeness (QED) is 0.388. The molecule has 1 saturated heterocycles. The number of carbonyl (C=O) groups is 1. The zero-order valence-electron chi connectivity index (χ0n) is 23.0. The number of hydrogen-bond acceptors (Lipinski definition) is 5. The van der Waals surface area contributed by atoms with Crippen molar-refractivity contribution in [3.8, 4) is 11.1 Å². The van der Waals surface area contributed by atoms with Crippen LogP contribution in [0.2, 0.25) is 0 Å². The summed E-state index contributed by atoms with van der Waals surface area (Å²) in [5.74, 6) is -1.11. The first-order valence-electron chi connectivity index (χ1n) is 14.1. The fourth-order valence-corrected chi connectivity index (χ4v) is 5.99. The molecule has 1 amide bonds. The Morgan fingerprint density at radius 3 is 2.67 bits per heavy atom. The van der Waals surface area contributed by atoms with E-state index >= 15 is 4.39 Å². The number of nitrogens with two attached hydrogens (primary N) is 1. The molecule has 0 atom stereocenters. The van der Waals surface area contributed by atoms with Crippen molar-refractivity contribution in [2.24, 2.45) is 11.1 Å². The molecular formula is C31H39FN4O3. The average Bonchev–Trinajstić information content (AvgIpc) is 3.73. The molecule has 2 heterocycles. The number of aromatic nitrogens is 1. The number of aliphatic hydroxyl groups is 1. The van der Waals surface area contributed by atoms with Crippen LogP contribution in [0.4, 0.5) is 4.39 Å². The molecule has 2 aliphatic rings. The molecule has 1 aromatic heterocycles. The number of nitrogens with one attached hydrogen (secondary N) is 1. The first kappa shape index (κ1) is 27.5. The van der Waals surface area contributed by atoms with Gasteiger partial charge in [0, 0.05) is 48.7 Å². The number of nitrogens with zero attached hydrogens (tertiary/aromatic N) is 2. The Morgan fingerprint density at radius 1 is 1.18 bits per heavy atom. The van der Waals surface area contributed by atoms with Crippen molar-refractivity contribution in [3.05, 3.63) is 68.9 Å². The summed E-state index contributed by atoms with van der Waals surface area (Å²) in [7, 11) is 0. The predicted octanol–water partition coefficient (Wildman–Crippen LogP) is 3.74. The van der Waals surface area contributed by atoms with Gasteiger partial charge in [-0.25, -0.2) is 4.39 Å². The normalized spacial score (nSPS) is 17.3. The molecule has 0 bridgehead atoms. The number of hydrogen-bond donors (Lipinski definition) is 3. The highest BCUT2D eigenvalue weighted by molar-refractivity contribution is 5.98. The largest absolute Gasteiger partial charge is 0.396 e. The Morgan fingerprint density at radius 2 is 1.97 bits per heavy atom. The first-order chi connectivity index (χ1) is 18.8. The zero-order chi connectivity index (χ0) is 27.7. The molecule has 0 radical (unpaired) electrons. The summed E-state index contributed by atoms with van der Waals surface area (Å²) in [4.78, 5) is 28.3. The number of benzene rings is 2. The fourth-order valence-electron chi connectivity index (χ4n) is 5.99. The topological polar surface area (TPSA) is 101 Å². The summed E-state index contributed by atoms with van der Waals surface area (Å²) < 4.78 is 16.8. The number of halogens is 1. The van der Waals surface area contributed by atoms with E-state index in [0.717, 1.165) is 73.9 Å². The summed E-state index contributed by atoms with van der Waals surface area (Å²) in [5, 5.41) is 14.8. The van der Waals surface area contributed by atoms with E-state index in [9.17, 15) is 14.7 Å². The highest BCUT2D eigenvalue weighted by Gasteiger charge is 2.42. The monoisotopic (exact) mass is 534 g/mol. The smallest absolute Gasteiger partial charge is 0.258 e. The lowest BCUT2D eigenvalue weighted by Gasteiger charge is -2.23. The predicted molar refractivity (Wildman–Crippen MR) is 152 cm³/mol. The van der Waals surface area contributed by atoms with E-state index < -0.39 is 11.7 Å². The fraction of sp³-hybridized carbons (Fsp3) is 0.484. The first-order valence-corrected chi connectivity index (χ1v) is 14.1. The number of primary amides is 1. The Hall–Kier alpha value is -3.07. The Bertz CT molecular complexity index is 1450. The molecule has 0 spiro atoms. The van der Waals surface area contributed by atoms with Crippen molar-refractivity contribution in [3.63, 3.8) is 0 Å². The van der Waals surface area contributed by atoms with Crippen LogP contribution in [0.15, 0.2) is 35.3 Å². The molecule has 8 heteroatoms. The van der Waals surface area contributed by atoms with Crippen LogP contribution in [0, 0.1) is 18.2 Å². The van der Waals surface area contributed by atoms with Crippen LogP contribution in [0.1, 0.15) is 59.7 Å². The van der Waals surface area contributed by atoms with Crippen LogP contribution < -0.4 is 16.6 Å². The van der Waals surface area contributed by atoms with Crippen LogP contribution in [-0.2, 0) is 19.5 Å². The molecule has 7 nitrogen and oxygen atoms in total. The molecule has 1 aliphatic carbocycles. The van der Waals surface area contributed by atoms with E-state index in [1.54, 1.807) is 11.5 Å². The number of fused-ring (bicyclic) bond motifs is 1. The third kappa shape index (κ3) is 5.51. The van der Waals surface area contributed by atoms with E-state index in [-0.39, 0.29) is 23.1 Å². The van der Waals surface area contributed by atoms with Gasteiger partial charge in [-0.15, -0.1) is 0 Å². The number of amides is 1. The van der Waals surface area contributed by atoms with Gasteiger partial charge in [-0.1, -0.05) is 19.4 Å².